The van der Waals surface area contributed by atoms with Gasteiger partial charge in [0, 0.05) is 0 Å². The summed E-state index contributed by atoms with van der Waals surface area (Å²) in [6.45, 7) is 1.93. The fraction of sp³-hybridized carbons (Fsp3) is 0.111. The zero-order valence-electron chi connectivity index (χ0n) is 11.4. The molecule has 0 atom stereocenters. The lowest BCUT2D eigenvalue weighted by Gasteiger charge is -2.15. The van der Waals surface area contributed by atoms with E-state index in [4.69, 9.17) is 0 Å². The van der Waals surface area contributed by atoms with Gasteiger partial charge in [0.25, 0.3) is 0 Å². The first kappa shape index (κ1) is 13.7. The van der Waals surface area contributed by atoms with E-state index in [9.17, 15) is 13.2 Å². The van der Waals surface area contributed by atoms with Crippen LogP contribution < -0.4 is 0 Å². The SMILES string of the molecule is Cc1ccc2cc(C(F)(F)F)c(-c3ccccc3)cc2c1. The Morgan fingerprint density at radius 2 is 1.48 bits per heavy atom. The van der Waals surface area contributed by atoms with E-state index in [1.165, 1.54) is 6.07 Å². The summed E-state index contributed by atoms with van der Waals surface area (Å²) in [4.78, 5) is 0. The van der Waals surface area contributed by atoms with Gasteiger partial charge in [0.05, 0.1) is 5.56 Å². The number of hydrogen-bond acceptors (Lipinski definition) is 0. The minimum atomic E-state index is -4.37. The first-order chi connectivity index (χ1) is 9.95. The molecule has 0 aliphatic rings. The van der Waals surface area contributed by atoms with Crippen molar-refractivity contribution in [2.75, 3.05) is 0 Å². The van der Waals surface area contributed by atoms with Crippen molar-refractivity contribution < 1.29 is 13.2 Å². The van der Waals surface area contributed by atoms with Crippen LogP contribution in [0.3, 0.4) is 0 Å². The fourth-order valence-electron chi connectivity index (χ4n) is 2.51. The molecule has 3 aromatic rings. The van der Waals surface area contributed by atoms with Crippen molar-refractivity contribution in [3.05, 3.63) is 71.8 Å². The van der Waals surface area contributed by atoms with E-state index >= 15 is 0 Å². The van der Waals surface area contributed by atoms with Crippen molar-refractivity contribution in [1.29, 1.82) is 0 Å². The van der Waals surface area contributed by atoms with Gasteiger partial charge in [-0.1, -0.05) is 54.1 Å². The molecule has 0 heterocycles. The Morgan fingerprint density at radius 3 is 2.14 bits per heavy atom. The van der Waals surface area contributed by atoms with E-state index in [1.807, 2.05) is 19.1 Å². The molecule has 3 heteroatoms. The van der Waals surface area contributed by atoms with Crippen molar-refractivity contribution in [2.24, 2.45) is 0 Å². The molecular formula is C18H13F3. The molecule has 3 rings (SSSR count). The maximum absolute atomic E-state index is 13.3. The Balaban J connectivity index is 2.34. The number of aryl methyl sites for hydroxylation is 1. The Bertz CT molecular complexity index is 787. The molecule has 0 N–H and O–H groups in total. The molecule has 106 valence electrons. The molecule has 0 aliphatic heterocycles. The molecule has 0 fully saturated rings. The molecule has 0 nitrogen and oxygen atoms in total. The molecule has 0 amide bonds. The second-order valence-corrected chi connectivity index (χ2v) is 5.11. The topological polar surface area (TPSA) is 0 Å². The zero-order chi connectivity index (χ0) is 15.0. The second-order valence-electron chi connectivity index (χ2n) is 5.11. The van der Waals surface area contributed by atoms with Crippen LogP contribution in [-0.4, -0.2) is 0 Å². The van der Waals surface area contributed by atoms with E-state index in [-0.39, 0.29) is 5.56 Å². The molecule has 0 aliphatic carbocycles. The van der Waals surface area contributed by atoms with E-state index in [1.54, 1.807) is 42.5 Å². The van der Waals surface area contributed by atoms with Gasteiger partial charge in [0.15, 0.2) is 0 Å². The van der Waals surface area contributed by atoms with Crippen molar-refractivity contribution in [1.82, 2.24) is 0 Å². The van der Waals surface area contributed by atoms with Crippen LogP contribution in [-0.2, 0) is 6.18 Å². The van der Waals surface area contributed by atoms with E-state index < -0.39 is 11.7 Å². The van der Waals surface area contributed by atoms with Gasteiger partial charge >= 0.3 is 6.18 Å². The molecule has 0 spiro atoms. The van der Waals surface area contributed by atoms with Gasteiger partial charge in [0.1, 0.15) is 0 Å². The highest BCUT2D eigenvalue weighted by Crippen LogP contribution is 2.39. The lowest BCUT2D eigenvalue weighted by Crippen LogP contribution is -2.07. The molecule has 0 saturated carbocycles. The predicted molar refractivity (Wildman–Crippen MR) is 79.1 cm³/mol. The molecule has 0 radical (unpaired) electrons. The normalized spacial score (nSPS) is 11.8. The Labute approximate surface area is 120 Å². The second kappa shape index (κ2) is 4.92. The maximum atomic E-state index is 13.3. The van der Waals surface area contributed by atoms with Gasteiger partial charge in [-0.3, -0.25) is 0 Å². The van der Waals surface area contributed by atoms with Crippen LogP contribution in [0.2, 0.25) is 0 Å². The molecular weight excluding hydrogens is 273 g/mol. The largest absolute Gasteiger partial charge is 0.417 e. The summed E-state index contributed by atoms with van der Waals surface area (Å²) in [6.07, 6.45) is -4.37. The van der Waals surface area contributed by atoms with Crippen molar-refractivity contribution in [3.8, 4) is 11.1 Å². The number of fused-ring (bicyclic) bond motifs is 1. The average Bonchev–Trinajstić information content (AvgIpc) is 2.45. The monoisotopic (exact) mass is 286 g/mol. The van der Waals surface area contributed by atoms with Gasteiger partial charge < -0.3 is 0 Å². The van der Waals surface area contributed by atoms with E-state index in [2.05, 4.69) is 0 Å². The fourth-order valence-corrected chi connectivity index (χ4v) is 2.51. The summed E-state index contributed by atoms with van der Waals surface area (Å²) in [6, 6.07) is 17.0. The smallest absolute Gasteiger partial charge is 0.166 e. The summed E-state index contributed by atoms with van der Waals surface area (Å²) >= 11 is 0. The molecule has 3 aromatic carbocycles. The summed E-state index contributed by atoms with van der Waals surface area (Å²) in [5, 5.41) is 1.43. The lowest BCUT2D eigenvalue weighted by atomic mass is 9.94. The average molecular weight is 286 g/mol. The highest BCUT2D eigenvalue weighted by Gasteiger charge is 2.33. The summed E-state index contributed by atoms with van der Waals surface area (Å²) in [7, 11) is 0. The molecule has 21 heavy (non-hydrogen) atoms. The van der Waals surface area contributed by atoms with Crippen LogP contribution >= 0.6 is 0 Å². The van der Waals surface area contributed by atoms with Gasteiger partial charge in [0.2, 0.25) is 0 Å². The van der Waals surface area contributed by atoms with Crippen LogP contribution in [0, 0.1) is 6.92 Å². The Morgan fingerprint density at radius 1 is 0.762 bits per heavy atom. The van der Waals surface area contributed by atoms with E-state index in [0.717, 1.165) is 10.9 Å². The number of alkyl halides is 3. The highest BCUT2D eigenvalue weighted by atomic mass is 19.4. The minimum absolute atomic E-state index is 0.223. The van der Waals surface area contributed by atoms with Crippen LogP contribution in [0.4, 0.5) is 13.2 Å². The summed E-state index contributed by atoms with van der Waals surface area (Å²) in [5.41, 5.74) is 1.24. The quantitative estimate of drug-likeness (QED) is 0.527. The first-order valence-electron chi connectivity index (χ1n) is 6.62. The third-order valence-electron chi connectivity index (χ3n) is 3.52. The number of hydrogen-bond donors (Lipinski definition) is 0. The van der Waals surface area contributed by atoms with Crippen LogP contribution in [0.1, 0.15) is 11.1 Å². The van der Waals surface area contributed by atoms with Crippen molar-refractivity contribution >= 4 is 10.8 Å². The Hall–Kier alpha value is -2.29. The van der Waals surface area contributed by atoms with E-state index in [0.29, 0.717) is 10.9 Å². The van der Waals surface area contributed by atoms with Gasteiger partial charge in [-0.2, -0.15) is 13.2 Å². The third-order valence-corrected chi connectivity index (χ3v) is 3.52. The molecule has 0 unspecified atom stereocenters. The van der Waals surface area contributed by atoms with Gasteiger partial charge in [-0.05, 0) is 41.0 Å². The lowest BCUT2D eigenvalue weighted by molar-refractivity contribution is -0.137. The number of rotatable bonds is 1. The third kappa shape index (κ3) is 2.64. The Kier molecular flexibility index (Phi) is 3.20. The minimum Gasteiger partial charge on any atom is -0.166 e. The van der Waals surface area contributed by atoms with Crippen LogP contribution in [0.25, 0.3) is 21.9 Å². The molecule has 0 bridgehead atoms. The van der Waals surface area contributed by atoms with Crippen LogP contribution in [0.5, 0.6) is 0 Å². The van der Waals surface area contributed by atoms with Gasteiger partial charge in [-0.15, -0.1) is 0 Å². The predicted octanol–water partition coefficient (Wildman–Crippen LogP) is 5.83. The number of halogens is 3. The number of benzene rings is 3. The van der Waals surface area contributed by atoms with Crippen LogP contribution in [0.15, 0.2) is 60.7 Å². The maximum Gasteiger partial charge on any atom is 0.417 e. The van der Waals surface area contributed by atoms with Crippen molar-refractivity contribution in [2.45, 2.75) is 13.1 Å². The molecule has 0 saturated heterocycles. The highest BCUT2D eigenvalue weighted by molar-refractivity contribution is 5.90. The zero-order valence-corrected chi connectivity index (χ0v) is 11.4. The van der Waals surface area contributed by atoms with Crippen molar-refractivity contribution in [3.63, 3.8) is 0 Å². The standard InChI is InChI=1S/C18H13F3/c1-12-7-8-14-11-17(18(19,20)21)16(10-15(14)9-12)13-5-3-2-4-6-13/h2-11H,1H3. The first-order valence-corrected chi connectivity index (χ1v) is 6.62. The summed E-state index contributed by atoms with van der Waals surface area (Å²) in [5.74, 6) is 0. The summed E-state index contributed by atoms with van der Waals surface area (Å²) < 4.78 is 40.0. The van der Waals surface area contributed by atoms with Gasteiger partial charge in [-0.25, -0.2) is 0 Å². The molecule has 0 aromatic heterocycles.